The van der Waals surface area contributed by atoms with E-state index in [0.717, 1.165) is 27.9 Å². The SMILES string of the molecule is Cc1cc(C)c(-n2c(Cl)cn3c(CN(C)Cc4ccccc4)c(C(F)(F)F)nc23)c(C)c1. The predicted octanol–water partition coefficient (Wildman–Crippen LogP) is 6.35. The third kappa shape index (κ3) is 4.14. The Morgan fingerprint density at radius 3 is 2.22 bits per heavy atom. The van der Waals surface area contributed by atoms with Gasteiger partial charge in [0.05, 0.1) is 11.4 Å². The van der Waals surface area contributed by atoms with Gasteiger partial charge in [-0.3, -0.25) is 13.9 Å². The van der Waals surface area contributed by atoms with Gasteiger partial charge in [-0.25, -0.2) is 4.98 Å². The number of aromatic nitrogens is 3. The molecule has 0 atom stereocenters. The smallest absolute Gasteiger partial charge is 0.296 e. The maximum atomic E-state index is 14.0. The summed E-state index contributed by atoms with van der Waals surface area (Å²) < 4.78 is 44.9. The summed E-state index contributed by atoms with van der Waals surface area (Å²) in [4.78, 5) is 5.87. The van der Waals surface area contributed by atoms with Crippen molar-refractivity contribution < 1.29 is 13.2 Å². The number of nitrogens with zero attached hydrogens (tertiary/aromatic N) is 4. The first-order chi connectivity index (χ1) is 15.1. The van der Waals surface area contributed by atoms with Crippen LogP contribution in [0.3, 0.4) is 0 Å². The molecule has 0 saturated carbocycles. The molecule has 8 heteroatoms. The normalized spacial score (nSPS) is 12.3. The van der Waals surface area contributed by atoms with Gasteiger partial charge in [0, 0.05) is 19.3 Å². The van der Waals surface area contributed by atoms with Gasteiger partial charge in [-0.2, -0.15) is 13.2 Å². The molecule has 168 valence electrons. The van der Waals surface area contributed by atoms with E-state index in [0.29, 0.717) is 11.7 Å². The highest BCUT2D eigenvalue weighted by molar-refractivity contribution is 6.30. The Bertz CT molecular complexity index is 1250. The molecule has 4 rings (SSSR count). The van der Waals surface area contributed by atoms with E-state index in [1.54, 1.807) is 11.6 Å². The maximum absolute atomic E-state index is 14.0. The van der Waals surface area contributed by atoms with Crippen LogP contribution in [0.25, 0.3) is 11.5 Å². The van der Waals surface area contributed by atoms with Crippen LogP contribution in [0.4, 0.5) is 13.2 Å². The molecule has 4 nitrogen and oxygen atoms in total. The fraction of sp³-hybridized carbons (Fsp3) is 0.292. The summed E-state index contributed by atoms with van der Waals surface area (Å²) in [6.45, 7) is 6.40. The molecule has 0 bridgehead atoms. The zero-order chi connectivity index (χ0) is 23.2. The summed E-state index contributed by atoms with van der Waals surface area (Å²) in [5, 5.41) is 0.309. The number of halogens is 4. The van der Waals surface area contributed by atoms with E-state index in [-0.39, 0.29) is 18.0 Å². The van der Waals surface area contributed by atoms with Crippen molar-refractivity contribution in [3.63, 3.8) is 0 Å². The third-order valence-electron chi connectivity index (χ3n) is 5.48. The number of benzene rings is 2. The second-order valence-corrected chi connectivity index (χ2v) is 8.65. The quantitative estimate of drug-likeness (QED) is 0.346. The molecule has 0 radical (unpaired) electrons. The largest absolute Gasteiger partial charge is 0.435 e. The number of alkyl halides is 3. The van der Waals surface area contributed by atoms with Crippen molar-refractivity contribution in [1.29, 1.82) is 0 Å². The molecule has 2 aromatic carbocycles. The van der Waals surface area contributed by atoms with Crippen molar-refractivity contribution in [2.24, 2.45) is 0 Å². The maximum Gasteiger partial charge on any atom is 0.435 e. The Kier molecular flexibility index (Phi) is 5.81. The molecule has 0 saturated heterocycles. The van der Waals surface area contributed by atoms with Crippen LogP contribution in [-0.4, -0.2) is 25.9 Å². The molecule has 2 heterocycles. The highest BCUT2D eigenvalue weighted by atomic mass is 35.5. The highest BCUT2D eigenvalue weighted by Crippen LogP contribution is 2.36. The van der Waals surface area contributed by atoms with Gasteiger partial charge < -0.3 is 0 Å². The van der Waals surface area contributed by atoms with Crippen LogP contribution in [0, 0.1) is 20.8 Å². The Morgan fingerprint density at radius 2 is 1.62 bits per heavy atom. The Balaban J connectivity index is 1.84. The molecule has 0 unspecified atom stereocenters. The topological polar surface area (TPSA) is 25.5 Å². The summed E-state index contributed by atoms with van der Waals surface area (Å²) in [5.41, 5.74) is 3.85. The van der Waals surface area contributed by atoms with E-state index >= 15 is 0 Å². The third-order valence-corrected chi connectivity index (χ3v) is 5.75. The van der Waals surface area contributed by atoms with Gasteiger partial charge in [0.1, 0.15) is 5.15 Å². The van der Waals surface area contributed by atoms with Crippen molar-refractivity contribution in [2.75, 3.05) is 7.05 Å². The number of fused-ring (bicyclic) bond motifs is 1. The van der Waals surface area contributed by atoms with E-state index in [1.165, 1.54) is 10.6 Å². The molecule has 0 spiro atoms. The van der Waals surface area contributed by atoms with Gasteiger partial charge in [0.25, 0.3) is 0 Å². The van der Waals surface area contributed by atoms with Crippen LogP contribution < -0.4 is 0 Å². The van der Waals surface area contributed by atoms with E-state index in [1.807, 2.05) is 68.1 Å². The van der Waals surface area contributed by atoms with Crippen molar-refractivity contribution in [3.05, 3.63) is 87.5 Å². The van der Waals surface area contributed by atoms with Crippen LogP contribution in [-0.2, 0) is 19.3 Å². The monoisotopic (exact) mass is 460 g/mol. The van der Waals surface area contributed by atoms with Crippen LogP contribution in [0.2, 0.25) is 5.15 Å². The van der Waals surface area contributed by atoms with Crippen molar-refractivity contribution in [3.8, 4) is 5.69 Å². The summed E-state index contributed by atoms with van der Waals surface area (Å²) in [6, 6.07) is 13.6. The first-order valence-corrected chi connectivity index (χ1v) is 10.6. The minimum atomic E-state index is -4.58. The molecule has 0 fully saturated rings. The van der Waals surface area contributed by atoms with Crippen molar-refractivity contribution in [2.45, 2.75) is 40.0 Å². The lowest BCUT2D eigenvalue weighted by Crippen LogP contribution is -2.21. The standard InChI is InChI=1S/C24H24ClF3N4/c1-15-10-16(2)21(17(3)11-15)32-20(25)14-31-19(22(24(26,27)28)29-23(31)32)13-30(4)12-18-8-6-5-7-9-18/h5-11,14H,12-13H2,1-4H3. The molecule has 2 aromatic heterocycles. The first-order valence-electron chi connectivity index (χ1n) is 10.2. The Labute approximate surface area is 189 Å². The number of hydrogen-bond acceptors (Lipinski definition) is 2. The molecule has 0 aliphatic rings. The summed E-state index contributed by atoms with van der Waals surface area (Å²) >= 11 is 6.54. The lowest BCUT2D eigenvalue weighted by Gasteiger charge is -2.17. The van der Waals surface area contributed by atoms with Gasteiger partial charge in [-0.15, -0.1) is 0 Å². The number of rotatable bonds is 5. The average Bonchev–Trinajstić information content (AvgIpc) is 3.18. The predicted molar refractivity (Wildman–Crippen MR) is 120 cm³/mol. The van der Waals surface area contributed by atoms with Crippen LogP contribution in [0.5, 0.6) is 0 Å². The van der Waals surface area contributed by atoms with Gasteiger partial charge in [-0.1, -0.05) is 59.6 Å². The molecule has 0 aliphatic heterocycles. The van der Waals surface area contributed by atoms with E-state index < -0.39 is 11.9 Å². The van der Waals surface area contributed by atoms with Gasteiger partial charge in [0.15, 0.2) is 5.69 Å². The van der Waals surface area contributed by atoms with E-state index in [2.05, 4.69) is 4.98 Å². The second-order valence-electron chi connectivity index (χ2n) is 8.27. The summed E-state index contributed by atoms with van der Waals surface area (Å²) in [6.07, 6.45) is -3.06. The van der Waals surface area contributed by atoms with Gasteiger partial charge >= 0.3 is 6.18 Å². The van der Waals surface area contributed by atoms with Gasteiger partial charge in [0.2, 0.25) is 5.78 Å². The molecule has 0 amide bonds. The Hall–Kier alpha value is -2.77. The van der Waals surface area contributed by atoms with E-state index in [4.69, 9.17) is 11.6 Å². The van der Waals surface area contributed by atoms with Gasteiger partial charge in [-0.05, 0) is 44.5 Å². The average molecular weight is 461 g/mol. The zero-order valence-corrected chi connectivity index (χ0v) is 19.1. The highest BCUT2D eigenvalue weighted by Gasteiger charge is 2.39. The van der Waals surface area contributed by atoms with Crippen molar-refractivity contribution >= 4 is 17.4 Å². The summed E-state index contributed by atoms with van der Waals surface area (Å²) in [7, 11) is 1.79. The minimum Gasteiger partial charge on any atom is -0.296 e. The first kappa shape index (κ1) is 22.4. The van der Waals surface area contributed by atoms with Crippen LogP contribution in [0.15, 0.2) is 48.7 Å². The minimum absolute atomic E-state index is 0.0639. The van der Waals surface area contributed by atoms with E-state index in [9.17, 15) is 13.2 Å². The van der Waals surface area contributed by atoms with Crippen LogP contribution in [0.1, 0.15) is 33.6 Å². The number of imidazole rings is 2. The molecular formula is C24H24ClF3N4. The van der Waals surface area contributed by atoms with Crippen LogP contribution >= 0.6 is 11.6 Å². The Morgan fingerprint density at radius 1 is 1.00 bits per heavy atom. The lowest BCUT2D eigenvalue weighted by atomic mass is 10.1. The fourth-order valence-corrected chi connectivity index (χ4v) is 4.58. The molecule has 0 N–H and O–H groups in total. The molecule has 0 aliphatic carbocycles. The summed E-state index contributed by atoms with van der Waals surface area (Å²) in [5.74, 6) is 0.153. The molecular weight excluding hydrogens is 437 g/mol. The van der Waals surface area contributed by atoms with Crippen molar-refractivity contribution in [1.82, 2.24) is 18.9 Å². The number of aryl methyl sites for hydroxylation is 3. The lowest BCUT2D eigenvalue weighted by molar-refractivity contribution is -0.141. The molecule has 4 aromatic rings. The molecule has 32 heavy (non-hydrogen) atoms. The number of hydrogen-bond donors (Lipinski definition) is 0. The zero-order valence-electron chi connectivity index (χ0n) is 18.3. The second kappa shape index (κ2) is 8.30. The fourth-order valence-electron chi connectivity index (χ4n) is 4.32.